The first-order valence-electron chi connectivity index (χ1n) is 9.02. The summed E-state index contributed by atoms with van der Waals surface area (Å²) in [5.41, 5.74) is 8.04. The molecule has 11 nitrogen and oxygen atoms in total. The second-order valence-corrected chi connectivity index (χ2v) is 7.87. The van der Waals surface area contributed by atoms with Crippen molar-refractivity contribution in [3.8, 4) is 11.1 Å². The molecule has 0 aliphatic carbocycles. The SMILES string of the molecule is CC(O)[C@@H](O[C@@H](CO)COP(=O)(O)O)n1cc(-c2ccccc2)c2c(N)ncnc21. The second kappa shape index (κ2) is 9.19. The molecule has 1 aromatic carbocycles. The third kappa shape index (κ3) is 5.02. The van der Waals surface area contributed by atoms with Gasteiger partial charge in [-0.05, 0) is 12.5 Å². The van der Waals surface area contributed by atoms with Gasteiger partial charge in [0.2, 0.25) is 0 Å². The van der Waals surface area contributed by atoms with Crippen LogP contribution in [0.5, 0.6) is 0 Å². The van der Waals surface area contributed by atoms with Crippen LogP contribution in [0.1, 0.15) is 13.2 Å². The highest BCUT2D eigenvalue weighted by atomic mass is 31.2. The lowest BCUT2D eigenvalue weighted by atomic mass is 10.1. The van der Waals surface area contributed by atoms with Crippen molar-refractivity contribution in [3.05, 3.63) is 42.9 Å². The zero-order chi connectivity index (χ0) is 21.9. The average molecular weight is 438 g/mol. The molecule has 0 spiro atoms. The first kappa shape index (κ1) is 22.3. The quantitative estimate of drug-likeness (QED) is 0.304. The standard InChI is InChI=1S/C18H23N4O7P/c1-11(24)18(29-13(8-23)9-28-30(25,26)27)22-7-14(12-5-3-2-4-6-12)15-16(19)20-10-21-17(15)22/h2-7,10-11,13,18,23-24H,8-9H2,1H3,(H2,19,20,21)(H2,25,26,27)/t11?,13-,18+/m0/s1. The number of aliphatic hydroxyl groups is 2. The number of rotatable bonds is 9. The molecule has 1 unspecified atom stereocenters. The largest absolute Gasteiger partial charge is 0.469 e. The number of aromatic nitrogens is 3. The summed E-state index contributed by atoms with van der Waals surface area (Å²) >= 11 is 0. The Morgan fingerprint density at radius 2 is 1.93 bits per heavy atom. The fourth-order valence-electron chi connectivity index (χ4n) is 3.06. The molecule has 162 valence electrons. The van der Waals surface area contributed by atoms with E-state index in [2.05, 4.69) is 14.5 Å². The molecule has 0 aliphatic rings. The number of phosphoric acid groups is 1. The highest BCUT2D eigenvalue weighted by molar-refractivity contribution is 7.46. The van der Waals surface area contributed by atoms with Gasteiger partial charge in [0, 0.05) is 11.8 Å². The Kier molecular flexibility index (Phi) is 6.84. The Labute approximate surface area is 172 Å². The Morgan fingerprint density at radius 3 is 2.53 bits per heavy atom. The summed E-state index contributed by atoms with van der Waals surface area (Å²) in [4.78, 5) is 26.1. The number of ether oxygens (including phenoxy) is 1. The second-order valence-electron chi connectivity index (χ2n) is 6.63. The maximum absolute atomic E-state index is 11.0. The maximum atomic E-state index is 11.0. The molecule has 0 radical (unpaired) electrons. The van der Waals surface area contributed by atoms with Crippen molar-refractivity contribution in [2.75, 3.05) is 18.9 Å². The molecule has 6 N–H and O–H groups in total. The number of nitrogens with two attached hydrogens (primary N) is 1. The van der Waals surface area contributed by atoms with Crippen molar-refractivity contribution in [3.63, 3.8) is 0 Å². The first-order valence-corrected chi connectivity index (χ1v) is 10.5. The Morgan fingerprint density at radius 1 is 1.23 bits per heavy atom. The van der Waals surface area contributed by atoms with Crippen LogP contribution < -0.4 is 5.73 Å². The van der Waals surface area contributed by atoms with Crippen molar-refractivity contribution in [2.24, 2.45) is 0 Å². The lowest BCUT2D eigenvalue weighted by Gasteiger charge is -2.27. The zero-order valence-electron chi connectivity index (χ0n) is 16.1. The smallest absolute Gasteiger partial charge is 0.394 e. The van der Waals surface area contributed by atoms with Gasteiger partial charge in [-0.15, -0.1) is 0 Å². The number of hydrogen-bond acceptors (Lipinski definition) is 8. The van der Waals surface area contributed by atoms with Crippen LogP contribution in [-0.4, -0.2) is 60.0 Å². The number of benzene rings is 1. The molecule has 3 aromatic rings. The van der Waals surface area contributed by atoms with E-state index in [1.807, 2.05) is 30.3 Å². The van der Waals surface area contributed by atoms with Crippen LogP contribution in [0.4, 0.5) is 5.82 Å². The summed E-state index contributed by atoms with van der Waals surface area (Å²) in [5, 5.41) is 20.5. The highest BCUT2D eigenvalue weighted by Crippen LogP contribution is 2.37. The van der Waals surface area contributed by atoms with Gasteiger partial charge in [-0.1, -0.05) is 30.3 Å². The zero-order valence-corrected chi connectivity index (χ0v) is 17.0. The number of anilines is 1. The highest BCUT2D eigenvalue weighted by Gasteiger charge is 2.28. The van der Waals surface area contributed by atoms with Gasteiger partial charge in [0.15, 0.2) is 6.23 Å². The molecule has 0 fully saturated rings. The van der Waals surface area contributed by atoms with E-state index in [4.69, 9.17) is 20.3 Å². The third-order valence-electron chi connectivity index (χ3n) is 4.37. The molecule has 0 bridgehead atoms. The Bertz CT molecular complexity index is 1040. The molecular weight excluding hydrogens is 415 g/mol. The van der Waals surface area contributed by atoms with Gasteiger partial charge in [-0.2, -0.15) is 0 Å². The first-order chi connectivity index (χ1) is 14.2. The van der Waals surface area contributed by atoms with Crippen molar-refractivity contribution in [1.82, 2.24) is 14.5 Å². The summed E-state index contributed by atoms with van der Waals surface area (Å²) in [6.07, 6.45) is -0.279. The van der Waals surface area contributed by atoms with Crippen LogP contribution in [-0.2, 0) is 13.8 Å². The minimum absolute atomic E-state index is 0.241. The summed E-state index contributed by atoms with van der Waals surface area (Å²) in [6.45, 7) is 0.304. The van der Waals surface area contributed by atoms with Crippen molar-refractivity contribution >= 4 is 24.7 Å². The number of fused-ring (bicyclic) bond motifs is 1. The molecule has 0 amide bonds. The molecule has 3 atom stereocenters. The molecule has 12 heteroatoms. The summed E-state index contributed by atoms with van der Waals surface area (Å²) < 4.78 is 22.7. The van der Waals surface area contributed by atoms with E-state index in [9.17, 15) is 14.8 Å². The van der Waals surface area contributed by atoms with Crippen LogP contribution in [0.15, 0.2) is 42.9 Å². The molecule has 30 heavy (non-hydrogen) atoms. The van der Waals surface area contributed by atoms with Crippen molar-refractivity contribution in [2.45, 2.75) is 25.4 Å². The van der Waals surface area contributed by atoms with Crippen molar-refractivity contribution in [1.29, 1.82) is 0 Å². The average Bonchev–Trinajstić information content (AvgIpc) is 3.08. The minimum Gasteiger partial charge on any atom is -0.394 e. The van der Waals surface area contributed by atoms with E-state index in [1.165, 1.54) is 13.3 Å². The third-order valence-corrected chi connectivity index (χ3v) is 4.86. The van der Waals surface area contributed by atoms with E-state index < -0.39 is 39.5 Å². The molecule has 0 saturated heterocycles. The van der Waals surface area contributed by atoms with E-state index in [-0.39, 0.29) is 5.82 Å². The van der Waals surface area contributed by atoms with Crippen LogP contribution >= 0.6 is 7.82 Å². The number of nitrogens with zero attached hydrogens (tertiary/aromatic N) is 3. The molecule has 0 aliphatic heterocycles. The monoisotopic (exact) mass is 438 g/mol. The Balaban J connectivity index is 2.04. The summed E-state index contributed by atoms with van der Waals surface area (Å²) in [6, 6.07) is 9.37. The minimum atomic E-state index is -4.75. The lowest BCUT2D eigenvalue weighted by molar-refractivity contribution is -0.133. The van der Waals surface area contributed by atoms with Gasteiger partial charge in [0.25, 0.3) is 0 Å². The molecule has 2 aromatic heterocycles. The normalized spacial score (nSPS) is 15.2. The number of nitrogen functional groups attached to an aromatic ring is 1. The maximum Gasteiger partial charge on any atom is 0.469 e. The number of aliphatic hydroxyl groups excluding tert-OH is 2. The summed E-state index contributed by atoms with van der Waals surface area (Å²) in [5.74, 6) is 0.241. The predicted molar refractivity (Wildman–Crippen MR) is 108 cm³/mol. The van der Waals surface area contributed by atoms with Crippen LogP contribution in [0.25, 0.3) is 22.2 Å². The van der Waals surface area contributed by atoms with Crippen LogP contribution in [0.3, 0.4) is 0 Å². The molecular formula is C18H23N4O7P. The lowest BCUT2D eigenvalue weighted by Crippen LogP contribution is -2.33. The van der Waals surface area contributed by atoms with Gasteiger partial charge < -0.3 is 35.0 Å². The van der Waals surface area contributed by atoms with Crippen LogP contribution in [0, 0.1) is 0 Å². The molecule has 3 rings (SSSR count). The van der Waals surface area contributed by atoms with Gasteiger partial charge in [-0.25, -0.2) is 14.5 Å². The van der Waals surface area contributed by atoms with Gasteiger partial charge >= 0.3 is 7.82 Å². The van der Waals surface area contributed by atoms with E-state index >= 15 is 0 Å². The van der Waals surface area contributed by atoms with Gasteiger partial charge in [-0.3, -0.25) is 4.52 Å². The fourth-order valence-corrected chi connectivity index (χ4v) is 3.42. The van der Waals surface area contributed by atoms with Crippen molar-refractivity contribution < 1.29 is 33.8 Å². The molecule has 2 heterocycles. The van der Waals surface area contributed by atoms with E-state index in [0.717, 1.165) is 5.56 Å². The number of phosphoric ester groups is 1. The van der Waals surface area contributed by atoms with E-state index in [1.54, 1.807) is 10.8 Å². The Hall–Kier alpha value is -2.37. The topological polar surface area (TPSA) is 173 Å². The number of hydrogen-bond donors (Lipinski definition) is 5. The fraction of sp³-hybridized carbons (Fsp3) is 0.333. The van der Waals surface area contributed by atoms with Gasteiger partial charge in [0.05, 0.1) is 24.7 Å². The molecule has 0 saturated carbocycles. The predicted octanol–water partition coefficient (Wildman–Crippen LogP) is 1.05. The van der Waals surface area contributed by atoms with Crippen LogP contribution in [0.2, 0.25) is 0 Å². The summed E-state index contributed by atoms with van der Waals surface area (Å²) in [7, 11) is -4.75. The van der Waals surface area contributed by atoms with Gasteiger partial charge in [0.1, 0.15) is 23.9 Å². The van der Waals surface area contributed by atoms with E-state index in [0.29, 0.717) is 16.6 Å².